The van der Waals surface area contributed by atoms with Crippen LogP contribution < -0.4 is 10.2 Å². The van der Waals surface area contributed by atoms with Crippen molar-refractivity contribution in [2.75, 3.05) is 30.5 Å². The minimum absolute atomic E-state index is 0.243. The molecule has 1 aromatic carbocycles. The number of carbonyl (C=O) groups is 1. The van der Waals surface area contributed by atoms with Gasteiger partial charge < -0.3 is 15.3 Å². The molecular weight excluding hydrogens is 272 g/mol. The Hall–Kier alpha value is -1.20. The number of rotatable bonds is 4. The number of anilines is 1. The first-order valence-corrected chi connectivity index (χ1v) is 8.01. The zero-order valence-corrected chi connectivity index (χ0v) is 12.9. The quantitative estimate of drug-likeness (QED) is 0.886. The summed E-state index contributed by atoms with van der Waals surface area (Å²) >= 11 is 1.79. The van der Waals surface area contributed by atoms with E-state index in [9.17, 15) is 9.90 Å². The van der Waals surface area contributed by atoms with Crippen LogP contribution in [0.15, 0.2) is 24.3 Å². The molecule has 1 aromatic rings. The van der Waals surface area contributed by atoms with Crippen molar-refractivity contribution in [2.24, 2.45) is 0 Å². The molecule has 1 amide bonds. The van der Waals surface area contributed by atoms with E-state index >= 15 is 0 Å². The number of amides is 1. The van der Waals surface area contributed by atoms with Gasteiger partial charge in [-0.1, -0.05) is 12.1 Å². The second-order valence-electron chi connectivity index (χ2n) is 5.39. The van der Waals surface area contributed by atoms with E-state index in [1.807, 2.05) is 43.3 Å². The molecule has 5 heteroatoms. The summed E-state index contributed by atoms with van der Waals surface area (Å²) in [7, 11) is 3.97. The highest BCUT2D eigenvalue weighted by atomic mass is 32.2. The highest BCUT2D eigenvalue weighted by Gasteiger charge is 2.37. The smallest absolute Gasteiger partial charge is 0.252 e. The lowest BCUT2D eigenvalue weighted by Gasteiger charge is -2.30. The first-order chi connectivity index (χ1) is 9.51. The van der Waals surface area contributed by atoms with Crippen LogP contribution in [-0.2, 0) is 11.3 Å². The van der Waals surface area contributed by atoms with Gasteiger partial charge in [-0.3, -0.25) is 4.79 Å². The Morgan fingerprint density at radius 2 is 2.10 bits per heavy atom. The SMILES string of the molecule is CN(C)c1cccc(CNC(=O)C2(O)CCSCC2)c1. The summed E-state index contributed by atoms with van der Waals surface area (Å²) in [5.74, 6) is 1.45. The van der Waals surface area contributed by atoms with Crippen molar-refractivity contribution < 1.29 is 9.90 Å². The molecule has 1 saturated heterocycles. The van der Waals surface area contributed by atoms with E-state index in [2.05, 4.69) is 5.32 Å². The number of hydrogen-bond donors (Lipinski definition) is 2. The normalized spacial score (nSPS) is 17.6. The molecule has 0 spiro atoms. The third-order valence-electron chi connectivity index (χ3n) is 3.62. The van der Waals surface area contributed by atoms with Crippen LogP contribution in [0.4, 0.5) is 5.69 Å². The summed E-state index contributed by atoms with van der Waals surface area (Å²) in [4.78, 5) is 14.2. The summed E-state index contributed by atoms with van der Waals surface area (Å²) in [6.45, 7) is 0.454. The van der Waals surface area contributed by atoms with Crippen molar-refractivity contribution in [3.05, 3.63) is 29.8 Å². The Morgan fingerprint density at radius 1 is 1.40 bits per heavy atom. The summed E-state index contributed by atoms with van der Waals surface area (Å²) < 4.78 is 0. The van der Waals surface area contributed by atoms with Gasteiger partial charge in [0.1, 0.15) is 5.60 Å². The number of nitrogens with one attached hydrogen (secondary N) is 1. The molecule has 0 atom stereocenters. The number of benzene rings is 1. The lowest BCUT2D eigenvalue weighted by atomic mass is 9.95. The molecule has 4 nitrogen and oxygen atoms in total. The second-order valence-corrected chi connectivity index (χ2v) is 6.62. The third-order valence-corrected chi connectivity index (χ3v) is 4.61. The Labute approximate surface area is 124 Å². The van der Waals surface area contributed by atoms with Crippen LogP contribution in [0.2, 0.25) is 0 Å². The molecule has 2 rings (SSSR count). The standard InChI is InChI=1S/C15H22N2O2S/c1-17(2)13-5-3-4-12(10-13)11-16-14(18)15(19)6-8-20-9-7-15/h3-5,10,19H,6-9,11H2,1-2H3,(H,16,18). The number of nitrogens with zero attached hydrogens (tertiary/aromatic N) is 1. The second kappa shape index (κ2) is 6.50. The van der Waals surface area contributed by atoms with Crippen LogP contribution in [0.5, 0.6) is 0 Å². The number of carbonyl (C=O) groups excluding carboxylic acids is 1. The minimum Gasteiger partial charge on any atom is -0.380 e. The van der Waals surface area contributed by atoms with Gasteiger partial charge in [0, 0.05) is 26.3 Å². The van der Waals surface area contributed by atoms with Gasteiger partial charge in [0.25, 0.3) is 5.91 Å². The van der Waals surface area contributed by atoms with Gasteiger partial charge in [-0.05, 0) is 42.0 Å². The van der Waals surface area contributed by atoms with Crippen molar-refractivity contribution >= 4 is 23.4 Å². The Balaban J connectivity index is 1.94. The maximum Gasteiger partial charge on any atom is 0.252 e. The van der Waals surface area contributed by atoms with Gasteiger partial charge in [0.15, 0.2) is 0 Å². The fourth-order valence-corrected chi connectivity index (χ4v) is 3.40. The van der Waals surface area contributed by atoms with Crippen LogP contribution in [0.25, 0.3) is 0 Å². The van der Waals surface area contributed by atoms with Crippen LogP contribution >= 0.6 is 11.8 Å². The van der Waals surface area contributed by atoms with E-state index in [0.29, 0.717) is 19.4 Å². The molecule has 0 aromatic heterocycles. The zero-order valence-electron chi connectivity index (χ0n) is 12.1. The number of thioether (sulfide) groups is 1. The van der Waals surface area contributed by atoms with E-state index in [1.54, 1.807) is 11.8 Å². The number of aliphatic hydroxyl groups is 1. The lowest BCUT2D eigenvalue weighted by molar-refractivity contribution is -0.140. The van der Waals surface area contributed by atoms with Gasteiger partial charge >= 0.3 is 0 Å². The maximum atomic E-state index is 12.1. The largest absolute Gasteiger partial charge is 0.380 e. The van der Waals surface area contributed by atoms with Crippen molar-refractivity contribution in [2.45, 2.75) is 25.0 Å². The molecule has 0 aliphatic carbocycles. The van der Waals surface area contributed by atoms with E-state index < -0.39 is 5.60 Å². The fourth-order valence-electron chi connectivity index (χ4n) is 2.23. The van der Waals surface area contributed by atoms with Gasteiger partial charge in [-0.25, -0.2) is 0 Å². The lowest BCUT2D eigenvalue weighted by Crippen LogP contribution is -2.48. The predicted octanol–water partition coefficient (Wildman–Crippen LogP) is 1.63. The Bertz CT molecular complexity index is 471. The van der Waals surface area contributed by atoms with Gasteiger partial charge in [-0.15, -0.1) is 0 Å². The van der Waals surface area contributed by atoms with Gasteiger partial charge in [0.2, 0.25) is 0 Å². The van der Waals surface area contributed by atoms with Crippen LogP contribution in [0.1, 0.15) is 18.4 Å². The molecule has 0 unspecified atom stereocenters. The van der Waals surface area contributed by atoms with Crippen LogP contribution in [0, 0.1) is 0 Å². The fraction of sp³-hybridized carbons (Fsp3) is 0.533. The maximum absolute atomic E-state index is 12.1. The first kappa shape index (κ1) is 15.2. The van der Waals surface area contributed by atoms with E-state index in [0.717, 1.165) is 22.8 Å². The summed E-state index contributed by atoms with van der Waals surface area (Å²) in [6.07, 6.45) is 1.09. The molecule has 1 heterocycles. The first-order valence-electron chi connectivity index (χ1n) is 6.86. The third kappa shape index (κ3) is 3.67. The number of hydrogen-bond acceptors (Lipinski definition) is 4. The Morgan fingerprint density at radius 3 is 2.75 bits per heavy atom. The summed E-state index contributed by atoms with van der Waals surface area (Å²) in [6, 6.07) is 8.02. The molecule has 0 radical (unpaired) electrons. The summed E-state index contributed by atoms with van der Waals surface area (Å²) in [5.41, 5.74) is 0.965. The molecule has 1 fully saturated rings. The average molecular weight is 294 g/mol. The molecule has 2 N–H and O–H groups in total. The van der Waals surface area contributed by atoms with Crippen LogP contribution in [0.3, 0.4) is 0 Å². The monoisotopic (exact) mass is 294 g/mol. The molecule has 1 aliphatic heterocycles. The predicted molar refractivity (Wildman–Crippen MR) is 84.1 cm³/mol. The molecular formula is C15H22N2O2S. The zero-order chi connectivity index (χ0) is 14.6. The topological polar surface area (TPSA) is 52.6 Å². The van der Waals surface area contributed by atoms with Gasteiger partial charge in [-0.2, -0.15) is 11.8 Å². The van der Waals surface area contributed by atoms with Crippen molar-refractivity contribution in [1.29, 1.82) is 0 Å². The molecule has 1 aliphatic rings. The van der Waals surface area contributed by atoms with Crippen molar-refractivity contribution in [1.82, 2.24) is 5.32 Å². The highest BCUT2D eigenvalue weighted by Crippen LogP contribution is 2.27. The van der Waals surface area contributed by atoms with E-state index in [4.69, 9.17) is 0 Å². The Kier molecular flexibility index (Phi) is 4.94. The van der Waals surface area contributed by atoms with E-state index in [1.165, 1.54) is 0 Å². The van der Waals surface area contributed by atoms with E-state index in [-0.39, 0.29) is 5.91 Å². The molecule has 0 bridgehead atoms. The summed E-state index contributed by atoms with van der Waals surface area (Å²) in [5, 5.41) is 13.2. The highest BCUT2D eigenvalue weighted by molar-refractivity contribution is 7.99. The van der Waals surface area contributed by atoms with Crippen molar-refractivity contribution in [3.63, 3.8) is 0 Å². The molecule has 110 valence electrons. The minimum atomic E-state index is -1.18. The van der Waals surface area contributed by atoms with Crippen molar-refractivity contribution in [3.8, 4) is 0 Å². The molecule has 20 heavy (non-hydrogen) atoms. The average Bonchev–Trinajstić information content (AvgIpc) is 2.45. The molecule has 0 saturated carbocycles. The van der Waals surface area contributed by atoms with Crippen LogP contribution in [-0.4, -0.2) is 42.2 Å². The van der Waals surface area contributed by atoms with Gasteiger partial charge in [0.05, 0.1) is 0 Å².